The van der Waals surface area contributed by atoms with Crippen LogP contribution in [0.15, 0.2) is 0 Å². The molecule has 0 aliphatic heterocycles. The smallest absolute Gasteiger partial charge is 0.305 e. The van der Waals surface area contributed by atoms with E-state index in [0.717, 1.165) is 44.9 Å². The van der Waals surface area contributed by atoms with Crippen LogP contribution in [0.5, 0.6) is 0 Å². The molecular formula is C28H54O4. The number of carbonyl (C=O) groups is 2. The Morgan fingerprint density at radius 3 is 1.56 bits per heavy atom. The van der Waals surface area contributed by atoms with Crippen LogP contribution in [0.1, 0.15) is 149 Å². The van der Waals surface area contributed by atoms with Gasteiger partial charge in [0, 0.05) is 12.8 Å². The molecule has 32 heavy (non-hydrogen) atoms. The van der Waals surface area contributed by atoms with Crippen LogP contribution in [0.25, 0.3) is 0 Å². The second-order valence-electron chi connectivity index (χ2n) is 9.42. The molecule has 1 atom stereocenters. The van der Waals surface area contributed by atoms with E-state index in [2.05, 4.69) is 20.8 Å². The van der Waals surface area contributed by atoms with Gasteiger partial charge in [0.05, 0.1) is 13.2 Å². The maximum atomic E-state index is 11.9. The molecule has 0 amide bonds. The van der Waals surface area contributed by atoms with Crippen LogP contribution in [0, 0.1) is 5.92 Å². The molecule has 0 aromatic heterocycles. The van der Waals surface area contributed by atoms with Crippen molar-refractivity contribution in [3.05, 3.63) is 0 Å². The van der Waals surface area contributed by atoms with Crippen molar-refractivity contribution in [2.24, 2.45) is 5.92 Å². The average Bonchev–Trinajstić information content (AvgIpc) is 2.79. The largest absolute Gasteiger partial charge is 0.466 e. The van der Waals surface area contributed by atoms with E-state index in [-0.39, 0.29) is 11.9 Å². The molecule has 0 aliphatic rings. The third-order valence-corrected chi connectivity index (χ3v) is 6.30. The van der Waals surface area contributed by atoms with Crippen molar-refractivity contribution in [3.8, 4) is 0 Å². The summed E-state index contributed by atoms with van der Waals surface area (Å²) in [6.45, 7) is 7.72. The van der Waals surface area contributed by atoms with E-state index < -0.39 is 0 Å². The van der Waals surface area contributed by atoms with Gasteiger partial charge >= 0.3 is 11.9 Å². The van der Waals surface area contributed by atoms with E-state index in [1.165, 1.54) is 70.6 Å². The lowest BCUT2D eigenvalue weighted by atomic mass is 10.0. The highest BCUT2D eigenvalue weighted by Crippen LogP contribution is 2.14. The van der Waals surface area contributed by atoms with Gasteiger partial charge < -0.3 is 9.47 Å². The summed E-state index contributed by atoms with van der Waals surface area (Å²) >= 11 is 0. The molecule has 0 spiro atoms. The van der Waals surface area contributed by atoms with Crippen LogP contribution in [-0.4, -0.2) is 25.2 Å². The number of hydrogen-bond acceptors (Lipinski definition) is 4. The van der Waals surface area contributed by atoms with Gasteiger partial charge in [-0.15, -0.1) is 0 Å². The first-order chi connectivity index (χ1) is 15.6. The molecule has 4 nitrogen and oxygen atoms in total. The highest BCUT2D eigenvalue weighted by molar-refractivity contribution is 5.69. The van der Waals surface area contributed by atoms with E-state index in [4.69, 9.17) is 9.47 Å². The Hall–Kier alpha value is -1.06. The zero-order valence-corrected chi connectivity index (χ0v) is 21.8. The predicted octanol–water partition coefficient (Wildman–Crippen LogP) is 8.55. The van der Waals surface area contributed by atoms with Crippen molar-refractivity contribution in [1.82, 2.24) is 0 Å². The third-order valence-electron chi connectivity index (χ3n) is 6.30. The van der Waals surface area contributed by atoms with Crippen LogP contribution in [0.4, 0.5) is 0 Å². The van der Waals surface area contributed by atoms with Gasteiger partial charge in [-0.05, 0) is 31.6 Å². The van der Waals surface area contributed by atoms with E-state index in [1.54, 1.807) is 0 Å². The second kappa shape index (κ2) is 24.6. The quantitative estimate of drug-likeness (QED) is 0.108. The molecule has 0 radical (unpaired) electrons. The number of ether oxygens (including phenoxy) is 2. The fraction of sp³-hybridized carbons (Fsp3) is 0.929. The lowest BCUT2D eigenvalue weighted by molar-refractivity contribution is -0.145. The van der Waals surface area contributed by atoms with Crippen molar-refractivity contribution in [2.75, 3.05) is 13.2 Å². The van der Waals surface area contributed by atoms with E-state index in [0.29, 0.717) is 32.0 Å². The summed E-state index contributed by atoms with van der Waals surface area (Å²) in [5.74, 6) is 0.300. The summed E-state index contributed by atoms with van der Waals surface area (Å²) in [7, 11) is 0. The molecule has 0 fully saturated rings. The van der Waals surface area contributed by atoms with E-state index >= 15 is 0 Å². The van der Waals surface area contributed by atoms with Crippen molar-refractivity contribution >= 4 is 11.9 Å². The van der Waals surface area contributed by atoms with Gasteiger partial charge in [-0.2, -0.15) is 0 Å². The minimum atomic E-state index is -0.0981. The van der Waals surface area contributed by atoms with Gasteiger partial charge in [-0.1, -0.05) is 111 Å². The van der Waals surface area contributed by atoms with Gasteiger partial charge in [-0.3, -0.25) is 9.59 Å². The topological polar surface area (TPSA) is 52.6 Å². The minimum Gasteiger partial charge on any atom is -0.466 e. The minimum absolute atomic E-state index is 0.0960. The SMILES string of the molecule is CCCCCCCCCCCCCOC(=O)CCCCCC(=O)OCC(CC)CCCC. The van der Waals surface area contributed by atoms with Crippen LogP contribution < -0.4 is 0 Å². The van der Waals surface area contributed by atoms with Gasteiger partial charge in [-0.25, -0.2) is 0 Å². The van der Waals surface area contributed by atoms with Gasteiger partial charge in [0.1, 0.15) is 0 Å². The van der Waals surface area contributed by atoms with Crippen molar-refractivity contribution in [3.63, 3.8) is 0 Å². The Kier molecular flexibility index (Phi) is 23.8. The van der Waals surface area contributed by atoms with Crippen molar-refractivity contribution in [2.45, 2.75) is 149 Å². The average molecular weight is 455 g/mol. The first kappa shape index (κ1) is 30.9. The second-order valence-corrected chi connectivity index (χ2v) is 9.42. The van der Waals surface area contributed by atoms with Crippen LogP contribution in [0.2, 0.25) is 0 Å². The summed E-state index contributed by atoms with van der Waals surface area (Å²) in [6.07, 6.45) is 22.2. The summed E-state index contributed by atoms with van der Waals surface area (Å²) in [6, 6.07) is 0. The summed E-state index contributed by atoms with van der Waals surface area (Å²) in [5.41, 5.74) is 0. The summed E-state index contributed by atoms with van der Waals surface area (Å²) in [4.78, 5) is 23.7. The molecule has 0 rings (SSSR count). The first-order valence-electron chi connectivity index (χ1n) is 13.9. The zero-order valence-electron chi connectivity index (χ0n) is 21.8. The van der Waals surface area contributed by atoms with E-state index in [9.17, 15) is 9.59 Å². The Bertz CT molecular complexity index is 422. The Balaban J connectivity index is 3.40. The molecular weight excluding hydrogens is 400 g/mol. The molecule has 0 aromatic rings. The highest BCUT2D eigenvalue weighted by Gasteiger charge is 2.10. The molecule has 4 heteroatoms. The molecule has 0 saturated heterocycles. The normalized spacial score (nSPS) is 12.0. The van der Waals surface area contributed by atoms with Gasteiger partial charge in [0.25, 0.3) is 0 Å². The Morgan fingerprint density at radius 2 is 1.03 bits per heavy atom. The number of hydrogen-bond donors (Lipinski definition) is 0. The maximum absolute atomic E-state index is 11.9. The highest BCUT2D eigenvalue weighted by atomic mass is 16.5. The van der Waals surface area contributed by atoms with E-state index in [1.807, 2.05) is 0 Å². The maximum Gasteiger partial charge on any atom is 0.305 e. The Morgan fingerprint density at radius 1 is 0.562 bits per heavy atom. The fourth-order valence-electron chi connectivity index (χ4n) is 3.92. The monoisotopic (exact) mass is 454 g/mol. The van der Waals surface area contributed by atoms with Gasteiger partial charge in [0.15, 0.2) is 0 Å². The lowest BCUT2D eigenvalue weighted by Gasteiger charge is -2.14. The molecule has 1 unspecified atom stereocenters. The Labute approximate surface area is 199 Å². The number of carbonyl (C=O) groups excluding carboxylic acids is 2. The first-order valence-corrected chi connectivity index (χ1v) is 13.9. The number of esters is 2. The predicted molar refractivity (Wildman–Crippen MR) is 135 cm³/mol. The molecule has 0 heterocycles. The zero-order chi connectivity index (χ0) is 23.7. The van der Waals surface area contributed by atoms with Crippen molar-refractivity contribution < 1.29 is 19.1 Å². The standard InChI is InChI=1S/C28H54O4/c1-4-7-9-10-11-12-13-14-15-16-20-24-31-27(29)22-18-17-19-23-28(30)32-25-26(6-3)21-8-5-2/h26H,4-25H2,1-3H3. The molecule has 0 saturated carbocycles. The number of unbranched alkanes of at least 4 members (excludes halogenated alkanes) is 13. The van der Waals surface area contributed by atoms with Crippen LogP contribution >= 0.6 is 0 Å². The summed E-state index contributed by atoms with van der Waals surface area (Å²) < 4.78 is 10.7. The van der Waals surface area contributed by atoms with Crippen LogP contribution in [0.3, 0.4) is 0 Å². The third kappa shape index (κ3) is 22.1. The fourth-order valence-corrected chi connectivity index (χ4v) is 3.92. The molecule has 0 aromatic carbocycles. The molecule has 0 bridgehead atoms. The van der Waals surface area contributed by atoms with Crippen molar-refractivity contribution in [1.29, 1.82) is 0 Å². The molecule has 0 N–H and O–H groups in total. The molecule has 190 valence electrons. The van der Waals surface area contributed by atoms with Gasteiger partial charge in [0.2, 0.25) is 0 Å². The lowest BCUT2D eigenvalue weighted by Crippen LogP contribution is -2.13. The number of rotatable bonds is 24. The molecule has 0 aliphatic carbocycles. The summed E-state index contributed by atoms with van der Waals surface area (Å²) in [5, 5.41) is 0. The van der Waals surface area contributed by atoms with Crippen LogP contribution in [-0.2, 0) is 19.1 Å².